The lowest BCUT2D eigenvalue weighted by Gasteiger charge is -2.46. The number of hydrogen-bond donors (Lipinski definition) is 2. The monoisotopic (exact) mass is 570 g/mol. The fourth-order valence-electron chi connectivity index (χ4n) is 5.04. The van der Waals surface area contributed by atoms with E-state index in [1.54, 1.807) is 0 Å². The molecule has 4 aromatic rings. The minimum atomic E-state index is -1.34. The second kappa shape index (κ2) is 15.7. The van der Waals surface area contributed by atoms with Crippen molar-refractivity contribution in [2.24, 2.45) is 0 Å². The highest BCUT2D eigenvalue weighted by Gasteiger charge is 2.50. The standard InChI is InChI=1S/C35H38O7/c36-21-30(38-22-26-13-5-1-6-14-26)31-32(39-23-27-15-7-2-8-16-27)33(40-24-28-17-9-3-10-18-28)34(35(37)42-31)41-25-29-19-11-4-12-20-29/h1-20,30-37H,21-25H2. The Balaban J connectivity index is 1.41. The molecule has 2 N–H and O–H groups in total. The van der Waals surface area contributed by atoms with Crippen molar-refractivity contribution in [3.8, 4) is 0 Å². The maximum absolute atomic E-state index is 11.3. The third-order valence-electron chi connectivity index (χ3n) is 7.26. The summed E-state index contributed by atoms with van der Waals surface area (Å²) in [6.07, 6.45) is -5.30. The van der Waals surface area contributed by atoms with E-state index in [4.69, 9.17) is 23.7 Å². The molecule has 0 spiro atoms. The van der Waals surface area contributed by atoms with Gasteiger partial charge in [-0.3, -0.25) is 0 Å². The van der Waals surface area contributed by atoms with Crippen LogP contribution in [0.4, 0.5) is 0 Å². The lowest BCUT2D eigenvalue weighted by molar-refractivity contribution is -0.328. The number of aliphatic hydroxyl groups is 2. The minimum Gasteiger partial charge on any atom is -0.394 e. The van der Waals surface area contributed by atoms with Gasteiger partial charge in [0.05, 0.1) is 33.0 Å². The summed E-state index contributed by atoms with van der Waals surface area (Å²) in [5, 5.41) is 21.7. The first-order valence-electron chi connectivity index (χ1n) is 14.3. The van der Waals surface area contributed by atoms with Crippen molar-refractivity contribution in [2.75, 3.05) is 6.61 Å². The molecule has 6 unspecified atom stereocenters. The number of aliphatic hydroxyl groups excluding tert-OH is 2. The summed E-state index contributed by atoms with van der Waals surface area (Å²) in [6, 6.07) is 39.1. The van der Waals surface area contributed by atoms with E-state index >= 15 is 0 Å². The predicted octanol–water partition coefficient (Wildman–Crippen LogP) is 5.04. The minimum absolute atomic E-state index is 0.251. The lowest BCUT2D eigenvalue weighted by Crippen LogP contribution is -2.63. The van der Waals surface area contributed by atoms with Crippen LogP contribution in [0.1, 0.15) is 22.3 Å². The van der Waals surface area contributed by atoms with Gasteiger partial charge in [-0.15, -0.1) is 0 Å². The molecule has 42 heavy (non-hydrogen) atoms. The molecule has 0 radical (unpaired) electrons. The second-order valence-corrected chi connectivity index (χ2v) is 10.3. The molecule has 6 atom stereocenters. The Hall–Kier alpha value is -3.40. The number of rotatable bonds is 14. The molecule has 5 rings (SSSR count). The molecule has 7 nitrogen and oxygen atoms in total. The van der Waals surface area contributed by atoms with E-state index in [0.29, 0.717) is 0 Å². The summed E-state index contributed by atoms with van der Waals surface area (Å²) >= 11 is 0. The van der Waals surface area contributed by atoms with Crippen LogP contribution in [0.25, 0.3) is 0 Å². The molecule has 1 saturated heterocycles. The van der Waals surface area contributed by atoms with Crippen LogP contribution < -0.4 is 0 Å². The van der Waals surface area contributed by atoms with Gasteiger partial charge < -0.3 is 33.9 Å². The molecule has 7 heteroatoms. The van der Waals surface area contributed by atoms with Crippen molar-refractivity contribution in [1.29, 1.82) is 0 Å². The van der Waals surface area contributed by atoms with Crippen LogP contribution in [0, 0.1) is 0 Å². The van der Waals surface area contributed by atoms with Crippen LogP contribution in [-0.2, 0) is 50.1 Å². The molecule has 0 aromatic heterocycles. The Morgan fingerprint density at radius 2 is 0.905 bits per heavy atom. The third-order valence-corrected chi connectivity index (χ3v) is 7.26. The summed E-state index contributed by atoms with van der Waals surface area (Å²) in [4.78, 5) is 0. The van der Waals surface area contributed by atoms with Gasteiger partial charge in [-0.25, -0.2) is 0 Å². The van der Waals surface area contributed by atoms with Gasteiger partial charge in [-0.2, -0.15) is 0 Å². The predicted molar refractivity (Wildman–Crippen MR) is 158 cm³/mol. The fourth-order valence-corrected chi connectivity index (χ4v) is 5.04. The van der Waals surface area contributed by atoms with Crippen molar-refractivity contribution in [3.63, 3.8) is 0 Å². The zero-order valence-corrected chi connectivity index (χ0v) is 23.5. The van der Waals surface area contributed by atoms with E-state index in [1.807, 2.05) is 121 Å². The van der Waals surface area contributed by atoms with Crippen LogP contribution in [-0.4, -0.2) is 53.6 Å². The molecule has 1 fully saturated rings. The molecular weight excluding hydrogens is 532 g/mol. The van der Waals surface area contributed by atoms with Crippen LogP contribution >= 0.6 is 0 Å². The highest BCUT2D eigenvalue weighted by Crippen LogP contribution is 2.32. The zero-order chi connectivity index (χ0) is 29.0. The number of benzene rings is 4. The Morgan fingerprint density at radius 3 is 1.33 bits per heavy atom. The highest BCUT2D eigenvalue weighted by atomic mass is 16.7. The van der Waals surface area contributed by atoms with Gasteiger partial charge in [0.15, 0.2) is 6.29 Å². The van der Waals surface area contributed by atoms with Crippen molar-refractivity contribution in [2.45, 2.75) is 63.2 Å². The topological polar surface area (TPSA) is 86.6 Å². The number of ether oxygens (including phenoxy) is 5. The average Bonchev–Trinajstić information content (AvgIpc) is 3.05. The summed E-state index contributed by atoms with van der Waals surface area (Å²) in [5.74, 6) is 0. The third kappa shape index (κ3) is 8.33. The first-order chi connectivity index (χ1) is 20.7. The molecule has 4 aromatic carbocycles. The Bertz CT molecular complexity index is 1290. The molecule has 0 bridgehead atoms. The normalized spacial score (nSPS) is 23.0. The van der Waals surface area contributed by atoms with Crippen molar-refractivity contribution >= 4 is 0 Å². The van der Waals surface area contributed by atoms with Gasteiger partial charge >= 0.3 is 0 Å². The van der Waals surface area contributed by atoms with Gasteiger partial charge in [-0.1, -0.05) is 121 Å². The van der Waals surface area contributed by atoms with Crippen LogP contribution in [0.15, 0.2) is 121 Å². The summed E-state index contributed by atoms with van der Waals surface area (Å²) < 4.78 is 31.6. The van der Waals surface area contributed by atoms with E-state index in [0.717, 1.165) is 22.3 Å². The maximum atomic E-state index is 11.3. The average molecular weight is 571 g/mol. The van der Waals surface area contributed by atoms with Gasteiger partial charge in [0.1, 0.15) is 30.5 Å². The molecule has 220 valence electrons. The summed E-state index contributed by atoms with van der Waals surface area (Å²) in [5.41, 5.74) is 3.85. The molecule has 1 aliphatic heterocycles. The van der Waals surface area contributed by atoms with Crippen LogP contribution in [0.3, 0.4) is 0 Å². The SMILES string of the molecule is OCC(OCc1ccccc1)C1OC(O)C(OCc2ccccc2)C(OCc2ccccc2)C1OCc1ccccc1. The molecule has 0 amide bonds. The first-order valence-corrected chi connectivity index (χ1v) is 14.3. The van der Waals surface area contributed by atoms with Gasteiger partial charge in [0.25, 0.3) is 0 Å². The quantitative estimate of drug-likeness (QED) is 0.220. The second-order valence-electron chi connectivity index (χ2n) is 10.3. The Labute approximate surface area is 247 Å². The molecular formula is C35H38O7. The van der Waals surface area contributed by atoms with Crippen LogP contribution in [0.5, 0.6) is 0 Å². The van der Waals surface area contributed by atoms with Crippen molar-refractivity contribution in [3.05, 3.63) is 144 Å². The lowest BCUT2D eigenvalue weighted by atomic mass is 9.94. The molecule has 1 heterocycles. The van der Waals surface area contributed by atoms with Crippen LogP contribution in [0.2, 0.25) is 0 Å². The van der Waals surface area contributed by atoms with E-state index in [2.05, 4.69) is 0 Å². The van der Waals surface area contributed by atoms with Crippen molar-refractivity contribution in [1.82, 2.24) is 0 Å². The maximum Gasteiger partial charge on any atom is 0.184 e. The summed E-state index contributed by atoms with van der Waals surface area (Å²) in [6.45, 7) is 0.722. The molecule has 0 aliphatic carbocycles. The summed E-state index contributed by atoms with van der Waals surface area (Å²) in [7, 11) is 0. The highest BCUT2D eigenvalue weighted by molar-refractivity contribution is 5.16. The molecule has 0 saturated carbocycles. The van der Waals surface area contributed by atoms with Gasteiger partial charge in [0, 0.05) is 0 Å². The molecule has 1 aliphatic rings. The Kier molecular flexibility index (Phi) is 11.3. The van der Waals surface area contributed by atoms with E-state index < -0.39 is 36.8 Å². The van der Waals surface area contributed by atoms with Gasteiger partial charge in [0.2, 0.25) is 0 Å². The number of hydrogen-bond acceptors (Lipinski definition) is 7. The first kappa shape index (κ1) is 30.1. The van der Waals surface area contributed by atoms with E-state index in [1.165, 1.54) is 0 Å². The van der Waals surface area contributed by atoms with E-state index in [-0.39, 0.29) is 33.0 Å². The zero-order valence-electron chi connectivity index (χ0n) is 23.5. The largest absolute Gasteiger partial charge is 0.394 e. The smallest absolute Gasteiger partial charge is 0.184 e. The fraction of sp³-hybridized carbons (Fsp3) is 0.314. The van der Waals surface area contributed by atoms with E-state index in [9.17, 15) is 10.2 Å². The van der Waals surface area contributed by atoms with Gasteiger partial charge in [-0.05, 0) is 22.3 Å². The Morgan fingerprint density at radius 1 is 0.524 bits per heavy atom. The van der Waals surface area contributed by atoms with Crippen molar-refractivity contribution < 1.29 is 33.9 Å².